The zero-order chi connectivity index (χ0) is 65.2. The Morgan fingerprint density at radius 2 is 0.954 bits per heavy atom. The number of phenolic OH excluding ortho intramolecular Hbond substituents is 1. The molecule has 0 aliphatic carbocycles. The van der Waals surface area contributed by atoms with Gasteiger partial charge in [0, 0.05) is 12.8 Å². The summed E-state index contributed by atoms with van der Waals surface area (Å²) in [5.41, 5.74) is -4.22. The smallest absolute Gasteiger partial charge is 0.408 e. The standard InChI is InChI=1S/C65H88N8O14/c1-15-40(4)52(56(80)67-47(38-50(76)86-61(5,6)7)53(77)68-48(57(81)82)37-41-31-33-45(74)34-32-41)69-58(83)63(11,12)73-59(84)64(13,14)72-54(78)46(66-55(79)51(39(2)3)70-60(85)87-62(8,9)10)35-36-49(75)71-65(42-25-19-16-20-26-42,43-27-21-17-22-28-43)44-29-23-18-24-30-44/h16-34,39-40,46-48,51-52,74H,15,35-38H2,1-14H3,(H,66,79)(H,67,80)(H,68,77)(H,69,83)(H,70,85)(H,71,75)(H,72,78)(H,73,84)(H,81,82)/t40-,46-,47-,48-,51-,52-/m0/s1. The molecule has 0 fully saturated rings. The maximum atomic E-state index is 14.7. The molecule has 0 radical (unpaired) electrons. The van der Waals surface area contributed by atoms with Gasteiger partial charge in [-0.15, -0.1) is 0 Å². The van der Waals surface area contributed by atoms with Crippen LogP contribution in [0.5, 0.6) is 5.75 Å². The predicted octanol–water partition coefficient (Wildman–Crippen LogP) is 5.96. The Morgan fingerprint density at radius 3 is 1.41 bits per heavy atom. The van der Waals surface area contributed by atoms with Crippen LogP contribution < -0.4 is 42.5 Å². The highest BCUT2D eigenvalue weighted by Gasteiger charge is 2.43. The topological polar surface area (TPSA) is 326 Å². The van der Waals surface area contributed by atoms with Crippen LogP contribution in [0.3, 0.4) is 0 Å². The van der Waals surface area contributed by atoms with Gasteiger partial charge in [-0.3, -0.25) is 38.4 Å². The van der Waals surface area contributed by atoms with Gasteiger partial charge < -0.3 is 62.2 Å². The molecule has 0 saturated carbocycles. The number of amides is 8. The maximum absolute atomic E-state index is 14.7. The second kappa shape index (κ2) is 30.5. The van der Waals surface area contributed by atoms with E-state index in [2.05, 4.69) is 42.5 Å². The van der Waals surface area contributed by atoms with Gasteiger partial charge in [0.2, 0.25) is 41.4 Å². The van der Waals surface area contributed by atoms with Crippen molar-refractivity contribution < 1.29 is 67.6 Å². The Hall–Kier alpha value is -8.82. The zero-order valence-electron chi connectivity index (χ0n) is 52.3. The molecule has 4 aromatic rings. The highest BCUT2D eigenvalue weighted by atomic mass is 16.6. The first-order valence-electron chi connectivity index (χ1n) is 29.0. The van der Waals surface area contributed by atoms with Gasteiger partial charge in [0.1, 0.15) is 63.8 Å². The van der Waals surface area contributed by atoms with Crippen molar-refractivity contribution in [2.24, 2.45) is 11.8 Å². The summed E-state index contributed by atoms with van der Waals surface area (Å²) in [7, 11) is 0. The van der Waals surface area contributed by atoms with Crippen molar-refractivity contribution in [3.63, 3.8) is 0 Å². The highest BCUT2D eigenvalue weighted by molar-refractivity contribution is 6.00. The number of esters is 1. The number of alkyl carbamates (subject to hydrolysis) is 1. The molecule has 4 aromatic carbocycles. The molecule has 0 saturated heterocycles. The van der Waals surface area contributed by atoms with E-state index in [0.29, 0.717) is 12.0 Å². The third-order valence-corrected chi connectivity index (χ3v) is 14.1. The van der Waals surface area contributed by atoms with Gasteiger partial charge in [0.05, 0.1) is 6.42 Å². The minimum Gasteiger partial charge on any atom is -0.508 e. The number of ether oxygens (including phenoxy) is 2. The maximum Gasteiger partial charge on any atom is 0.408 e. The Bertz CT molecular complexity index is 2940. The highest BCUT2D eigenvalue weighted by Crippen LogP contribution is 2.37. The number of rotatable bonds is 28. The van der Waals surface area contributed by atoms with Gasteiger partial charge in [0.15, 0.2) is 0 Å². The lowest BCUT2D eigenvalue weighted by Gasteiger charge is -2.37. The molecule has 0 spiro atoms. The second-order valence-electron chi connectivity index (χ2n) is 25.0. The predicted molar refractivity (Wildman–Crippen MR) is 326 cm³/mol. The monoisotopic (exact) mass is 1200 g/mol. The van der Waals surface area contributed by atoms with Crippen molar-refractivity contribution in [2.75, 3.05) is 0 Å². The van der Waals surface area contributed by atoms with Crippen LogP contribution in [0.25, 0.3) is 0 Å². The fourth-order valence-corrected chi connectivity index (χ4v) is 9.16. The molecule has 22 nitrogen and oxygen atoms in total. The Morgan fingerprint density at radius 1 is 0.494 bits per heavy atom. The third kappa shape index (κ3) is 21.3. The van der Waals surface area contributed by atoms with E-state index in [-0.39, 0.29) is 25.0 Å². The number of hydrogen-bond acceptors (Lipinski definition) is 13. The molecule has 87 heavy (non-hydrogen) atoms. The molecule has 472 valence electrons. The molecule has 22 heteroatoms. The van der Waals surface area contributed by atoms with Crippen molar-refractivity contribution in [3.05, 3.63) is 138 Å². The number of carbonyl (C=O) groups excluding carboxylic acids is 9. The Kier molecular flexibility index (Phi) is 24.8. The van der Waals surface area contributed by atoms with Crippen LogP contribution in [0.15, 0.2) is 115 Å². The van der Waals surface area contributed by atoms with E-state index in [1.54, 1.807) is 69.2 Å². The normalized spacial score (nSPS) is 14.0. The average molecular weight is 1210 g/mol. The molecule has 0 aliphatic heterocycles. The summed E-state index contributed by atoms with van der Waals surface area (Å²) in [4.78, 5) is 139. The number of carboxylic acid groups (broad SMARTS) is 1. The molecule has 0 aliphatic rings. The van der Waals surface area contributed by atoms with Gasteiger partial charge in [-0.2, -0.15) is 0 Å². The van der Waals surface area contributed by atoms with Crippen LogP contribution in [0.2, 0.25) is 0 Å². The van der Waals surface area contributed by atoms with Crippen LogP contribution in [-0.2, 0) is 64.6 Å². The Balaban J connectivity index is 1.61. The van der Waals surface area contributed by atoms with E-state index in [9.17, 15) is 58.2 Å². The number of carboxylic acids is 1. The van der Waals surface area contributed by atoms with Gasteiger partial charge in [-0.05, 0) is 122 Å². The van der Waals surface area contributed by atoms with E-state index >= 15 is 0 Å². The van der Waals surface area contributed by atoms with Crippen LogP contribution in [0, 0.1) is 11.8 Å². The first-order chi connectivity index (χ1) is 40.5. The van der Waals surface area contributed by atoms with Crippen molar-refractivity contribution in [1.29, 1.82) is 0 Å². The number of carbonyl (C=O) groups is 10. The fourth-order valence-electron chi connectivity index (χ4n) is 9.16. The van der Waals surface area contributed by atoms with E-state index in [4.69, 9.17) is 9.47 Å². The summed E-state index contributed by atoms with van der Waals surface area (Å²) in [5.74, 6) is -9.58. The quantitative estimate of drug-likeness (QED) is 0.0232. The van der Waals surface area contributed by atoms with Crippen molar-refractivity contribution >= 4 is 59.4 Å². The minimum absolute atomic E-state index is 0.0660. The molecule has 0 bridgehead atoms. The molecule has 6 atom stereocenters. The molecule has 0 unspecified atom stereocenters. The summed E-state index contributed by atoms with van der Waals surface area (Å²) < 4.78 is 10.9. The number of hydrogen-bond donors (Lipinski definition) is 10. The summed E-state index contributed by atoms with van der Waals surface area (Å²) in [5, 5.41) is 41.2. The van der Waals surface area contributed by atoms with E-state index in [1.807, 2.05) is 91.0 Å². The number of nitrogens with one attached hydrogen (secondary N) is 8. The van der Waals surface area contributed by atoms with Gasteiger partial charge >= 0.3 is 18.0 Å². The van der Waals surface area contributed by atoms with E-state index < -0.39 is 136 Å². The van der Waals surface area contributed by atoms with Crippen LogP contribution in [0.1, 0.15) is 145 Å². The lowest BCUT2D eigenvalue weighted by Crippen LogP contribution is -2.66. The van der Waals surface area contributed by atoms with Crippen LogP contribution >= 0.6 is 0 Å². The molecule has 4 rings (SSSR count). The number of aromatic hydroxyl groups is 1. The second-order valence-corrected chi connectivity index (χ2v) is 25.0. The average Bonchev–Trinajstić information content (AvgIpc) is 0.884. The minimum atomic E-state index is -1.86. The molecule has 8 amide bonds. The van der Waals surface area contributed by atoms with Gasteiger partial charge in [0.25, 0.3) is 0 Å². The van der Waals surface area contributed by atoms with Gasteiger partial charge in [-0.25, -0.2) is 9.59 Å². The van der Waals surface area contributed by atoms with E-state index in [1.165, 1.54) is 52.0 Å². The largest absolute Gasteiger partial charge is 0.508 e. The number of benzene rings is 4. The molecule has 0 aromatic heterocycles. The first kappa shape index (κ1) is 70.7. The molecule has 0 heterocycles. The van der Waals surface area contributed by atoms with Crippen molar-refractivity contribution in [3.8, 4) is 5.75 Å². The summed E-state index contributed by atoms with van der Waals surface area (Å²) in [6.45, 7) is 21.8. The van der Waals surface area contributed by atoms with Crippen LogP contribution in [0.4, 0.5) is 4.79 Å². The first-order valence-corrected chi connectivity index (χ1v) is 29.0. The lowest BCUT2D eigenvalue weighted by atomic mass is 9.77. The molecular weight excluding hydrogens is 1120 g/mol. The summed E-state index contributed by atoms with van der Waals surface area (Å²) >= 11 is 0. The lowest BCUT2D eigenvalue weighted by molar-refractivity contribution is -0.156. The van der Waals surface area contributed by atoms with Crippen LogP contribution in [-0.4, -0.2) is 122 Å². The Labute approximate surface area is 509 Å². The number of aliphatic carboxylic acids is 1. The number of phenols is 1. The van der Waals surface area contributed by atoms with Gasteiger partial charge in [-0.1, -0.05) is 137 Å². The molecule has 10 N–H and O–H groups in total. The third-order valence-electron chi connectivity index (χ3n) is 14.1. The zero-order valence-corrected chi connectivity index (χ0v) is 52.3. The fraction of sp³-hybridized carbons (Fsp3) is 0.477. The van der Waals surface area contributed by atoms with Crippen molar-refractivity contribution in [1.82, 2.24) is 42.5 Å². The SMILES string of the molecule is CC[C@H](C)[C@H](NC(=O)C(C)(C)NC(=O)C(C)(C)NC(=O)[C@H](CCC(=O)NC(c1ccccc1)(c1ccccc1)c1ccccc1)NC(=O)[C@@H](NC(=O)OC(C)(C)C)C(C)C)C(=O)N[C@@H](CC(=O)OC(C)(C)C)C(=O)N[C@@H](Cc1ccc(O)cc1)C(=O)O. The summed E-state index contributed by atoms with van der Waals surface area (Å²) in [6, 6.07) is 26.2. The molecular formula is C65H88N8O14. The van der Waals surface area contributed by atoms with Crippen molar-refractivity contribution in [2.45, 2.75) is 187 Å². The van der Waals surface area contributed by atoms with E-state index in [0.717, 1.165) is 16.7 Å². The summed E-state index contributed by atoms with van der Waals surface area (Å²) in [6.07, 6.45) is -2.23.